The Bertz CT molecular complexity index is 396. The lowest BCUT2D eigenvalue weighted by molar-refractivity contribution is -0.118. The number of carbonyl (C=O) groups excluding carboxylic acids is 1. The predicted octanol–water partition coefficient (Wildman–Crippen LogP) is 0.640. The Hall–Kier alpha value is -1.11. The van der Waals surface area contributed by atoms with Crippen molar-refractivity contribution in [3.63, 3.8) is 0 Å². The van der Waals surface area contributed by atoms with Gasteiger partial charge in [0.25, 0.3) is 0 Å². The van der Waals surface area contributed by atoms with Crippen LogP contribution in [-0.2, 0) is 16.1 Å². The number of aryl methyl sites for hydroxylation is 1. The highest BCUT2D eigenvalue weighted by molar-refractivity contribution is 5.94. The summed E-state index contributed by atoms with van der Waals surface area (Å²) < 4.78 is 6.98. The Morgan fingerprint density at radius 1 is 1.72 bits per heavy atom. The van der Waals surface area contributed by atoms with Gasteiger partial charge in [-0.15, -0.1) is 12.4 Å². The number of anilines is 1. The van der Waals surface area contributed by atoms with Crippen LogP contribution in [-0.4, -0.2) is 41.5 Å². The Kier molecular flexibility index (Phi) is 5.58. The minimum Gasteiger partial charge on any atom is -0.380 e. The standard InChI is InChI=1S/C11H18N4O2.ClH/c1-3-15-7-8(5-13-15)14-11(16)10-4-9(17-2)6-12-10;/h5,7,9-10,12H,3-4,6H2,1-2H3,(H,14,16);1H/t9-,10-;/m0./s1. The van der Waals surface area contributed by atoms with Crippen molar-refractivity contribution >= 4 is 24.0 Å². The largest absolute Gasteiger partial charge is 0.380 e. The molecule has 7 heteroatoms. The van der Waals surface area contributed by atoms with Gasteiger partial charge in [-0.25, -0.2) is 0 Å². The third-order valence-electron chi connectivity index (χ3n) is 2.97. The molecule has 2 N–H and O–H groups in total. The number of hydrogen-bond donors (Lipinski definition) is 2. The molecule has 6 nitrogen and oxygen atoms in total. The molecule has 102 valence electrons. The molecule has 0 aromatic carbocycles. The second kappa shape index (κ2) is 6.72. The Morgan fingerprint density at radius 3 is 3.06 bits per heavy atom. The maximum absolute atomic E-state index is 11.9. The van der Waals surface area contributed by atoms with Crippen LogP contribution in [0.1, 0.15) is 13.3 Å². The van der Waals surface area contributed by atoms with Gasteiger partial charge in [-0.05, 0) is 13.3 Å². The van der Waals surface area contributed by atoms with E-state index < -0.39 is 0 Å². The van der Waals surface area contributed by atoms with Crippen molar-refractivity contribution < 1.29 is 9.53 Å². The van der Waals surface area contributed by atoms with Crippen LogP contribution in [0.4, 0.5) is 5.69 Å². The number of amides is 1. The van der Waals surface area contributed by atoms with Gasteiger partial charge in [-0.2, -0.15) is 5.10 Å². The molecule has 2 heterocycles. The topological polar surface area (TPSA) is 68.2 Å². The van der Waals surface area contributed by atoms with E-state index in [2.05, 4.69) is 15.7 Å². The van der Waals surface area contributed by atoms with E-state index in [0.717, 1.165) is 18.8 Å². The Labute approximate surface area is 112 Å². The summed E-state index contributed by atoms with van der Waals surface area (Å²) in [5.41, 5.74) is 0.736. The molecule has 0 saturated carbocycles. The van der Waals surface area contributed by atoms with Crippen molar-refractivity contribution in [3.05, 3.63) is 12.4 Å². The van der Waals surface area contributed by atoms with Crippen molar-refractivity contribution in [2.24, 2.45) is 0 Å². The summed E-state index contributed by atoms with van der Waals surface area (Å²) in [4.78, 5) is 11.9. The molecular formula is C11H19ClN4O2. The van der Waals surface area contributed by atoms with Crippen LogP contribution >= 0.6 is 12.4 Å². The van der Waals surface area contributed by atoms with Crippen LogP contribution in [0.5, 0.6) is 0 Å². The molecule has 1 aliphatic rings. The minimum atomic E-state index is -0.176. The lowest BCUT2D eigenvalue weighted by Gasteiger charge is -2.09. The highest BCUT2D eigenvalue weighted by Crippen LogP contribution is 2.12. The fourth-order valence-corrected chi connectivity index (χ4v) is 1.91. The van der Waals surface area contributed by atoms with E-state index in [9.17, 15) is 4.79 Å². The molecule has 2 rings (SSSR count). The second-order valence-electron chi connectivity index (χ2n) is 4.13. The van der Waals surface area contributed by atoms with Crippen LogP contribution in [0.3, 0.4) is 0 Å². The normalized spacial score (nSPS) is 22.6. The van der Waals surface area contributed by atoms with E-state index in [-0.39, 0.29) is 30.5 Å². The highest BCUT2D eigenvalue weighted by atomic mass is 35.5. The molecule has 1 aromatic heterocycles. The van der Waals surface area contributed by atoms with Gasteiger partial charge in [-0.3, -0.25) is 9.48 Å². The van der Waals surface area contributed by atoms with Gasteiger partial charge in [0.05, 0.1) is 24.0 Å². The van der Waals surface area contributed by atoms with Gasteiger partial charge in [0, 0.05) is 26.4 Å². The van der Waals surface area contributed by atoms with E-state index >= 15 is 0 Å². The molecule has 0 bridgehead atoms. The van der Waals surface area contributed by atoms with Gasteiger partial charge in [0.1, 0.15) is 0 Å². The number of carbonyl (C=O) groups is 1. The smallest absolute Gasteiger partial charge is 0.241 e. The van der Waals surface area contributed by atoms with E-state index in [0.29, 0.717) is 6.42 Å². The van der Waals surface area contributed by atoms with Crippen LogP contribution in [0.25, 0.3) is 0 Å². The fourth-order valence-electron chi connectivity index (χ4n) is 1.91. The monoisotopic (exact) mass is 274 g/mol. The van der Waals surface area contributed by atoms with Crippen molar-refractivity contribution in [1.82, 2.24) is 15.1 Å². The third kappa shape index (κ3) is 3.44. The van der Waals surface area contributed by atoms with Gasteiger partial charge < -0.3 is 15.4 Å². The lowest BCUT2D eigenvalue weighted by atomic mass is 10.2. The van der Waals surface area contributed by atoms with E-state index in [1.807, 2.05) is 13.1 Å². The summed E-state index contributed by atoms with van der Waals surface area (Å²) >= 11 is 0. The van der Waals surface area contributed by atoms with Crippen LogP contribution in [0.15, 0.2) is 12.4 Å². The summed E-state index contributed by atoms with van der Waals surface area (Å²) in [6, 6.07) is -0.176. The molecule has 0 unspecified atom stereocenters. The molecule has 1 saturated heterocycles. The molecule has 2 atom stereocenters. The average molecular weight is 275 g/mol. The van der Waals surface area contributed by atoms with Gasteiger partial charge in [0.15, 0.2) is 0 Å². The fraction of sp³-hybridized carbons (Fsp3) is 0.636. The van der Waals surface area contributed by atoms with Crippen molar-refractivity contribution in [3.8, 4) is 0 Å². The van der Waals surface area contributed by atoms with Gasteiger partial charge >= 0.3 is 0 Å². The molecule has 0 radical (unpaired) electrons. The summed E-state index contributed by atoms with van der Waals surface area (Å²) in [5, 5.41) is 10.1. The summed E-state index contributed by atoms with van der Waals surface area (Å²) in [6.45, 7) is 3.52. The molecule has 1 amide bonds. The molecule has 1 aromatic rings. The third-order valence-corrected chi connectivity index (χ3v) is 2.97. The van der Waals surface area contributed by atoms with Crippen molar-refractivity contribution in [2.75, 3.05) is 19.0 Å². The van der Waals surface area contributed by atoms with Crippen LogP contribution in [0.2, 0.25) is 0 Å². The minimum absolute atomic E-state index is 0. The number of hydrogen-bond acceptors (Lipinski definition) is 4. The second-order valence-corrected chi connectivity index (χ2v) is 4.13. The first-order valence-corrected chi connectivity index (χ1v) is 5.82. The first kappa shape index (κ1) is 14.9. The number of methoxy groups -OCH3 is 1. The highest BCUT2D eigenvalue weighted by Gasteiger charge is 2.29. The van der Waals surface area contributed by atoms with E-state index in [1.54, 1.807) is 18.0 Å². The zero-order valence-electron chi connectivity index (χ0n) is 10.5. The van der Waals surface area contributed by atoms with Gasteiger partial charge in [-0.1, -0.05) is 0 Å². The quantitative estimate of drug-likeness (QED) is 0.846. The number of aromatic nitrogens is 2. The average Bonchev–Trinajstić information content (AvgIpc) is 2.96. The summed E-state index contributed by atoms with van der Waals surface area (Å²) in [5.74, 6) is -0.0276. The zero-order valence-corrected chi connectivity index (χ0v) is 11.4. The molecule has 18 heavy (non-hydrogen) atoms. The SMILES string of the molecule is CCn1cc(NC(=O)[C@@H]2C[C@H](OC)CN2)cn1.Cl. The number of ether oxygens (including phenoxy) is 1. The molecule has 1 aliphatic heterocycles. The molecule has 1 fully saturated rings. The van der Waals surface area contributed by atoms with E-state index in [4.69, 9.17) is 4.74 Å². The Balaban J connectivity index is 0.00000162. The first-order valence-electron chi connectivity index (χ1n) is 5.82. The molecule has 0 aliphatic carbocycles. The first-order chi connectivity index (χ1) is 8.22. The lowest BCUT2D eigenvalue weighted by Crippen LogP contribution is -2.35. The number of rotatable bonds is 4. The number of nitrogens with zero attached hydrogens (tertiary/aromatic N) is 2. The summed E-state index contributed by atoms with van der Waals surface area (Å²) in [6.07, 6.45) is 4.32. The number of nitrogens with one attached hydrogen (secondary N) is 2. The molecular weight excluding hydrogens is 256 g/mol. The predicted molar refractivity (Wildman–Crippen MR) is 71.0 cm³/mol. The zero-order chi connectivity index (χ0) is 12.3. The van der Waals surface area contributed by atoms with Crippen LogP contribution < -0.4 is 10.6 Å². The maximum Gasteiger partial charge on any atom is 0.241 e. The molecule has 0 spiro atoms. The van der Waals surface area contributed by atoms with Crippen molar-refractivity contribution in [1.29, 1.82) is 0 Å². The Morgan fingerprint density at radius 2 is 2.50 bits per heavy atom. The van der Waals surface area contributed by atoms with Crippen molar-refractivity contribution in [2.45, 2.75) is 32.0 Å². The van der Waals surface area contributed by atoms with E-state index in [1.165, 1.54) is 0 Å². The maximum atomic E-state index is 11.9. The summed E-state index contributed by atoms with van der Waals surface area (Å²) in [7, 11) is 1.66. The van der Waals surface area contributed by atoms with Gasteiger partial charge in [0.2, 0.25) is 5.91 Å². The van der Waals surface area contributed by atoms with Crippen LogP contribution in [0, 0.1) is 0 Å². The number of halogens is 1.